The Balaban J connectivity index is 1.69. The van der Waals surface area contributed by atoms with E-state index in [1.807, 2.05) is 55.5 Å². The van der Waals surface area contributed by atoms with Crippen molar-refractivity contribution in [2.24, 2.45) is 0 Å². The summed E-state index contributed by atoms with van der Waals surface area (Å²) in [7, 11) is 0. The number of hydrogen-bond donors (Lipinski definition) is 0. The Kier molecular flexibility index (Phi) is 7.77. The van der Waals surface area contributed by atoms with Gasteiger partial charge in [-0.15, -0.1) is 0 Å². The van der Waals surface area contributed by atoms with Crippen molar-refractivity contribution < 1.29 is 14.3 Å². The highest BCUT2D eigenvalue weighted by atomic mass is 16.6. The van der Waals surface area contributed by atoms with Gasteiger partial charge in [0.1, 0.15) is 0 Å². The number of esters is 1. The molecular weight excluding hydrogens is 386 g/mol. The minimum absolute atomic E-state index is 0.396. The van der Waals surface area contributed by atoms with E-state index in [1.165, 1.54) is 11.6 Å². The number of ether oxygens (including phenoxy) is 2. The van der Waals surface area contributed by atoms with Crippen molar-refractivity contribution >= 4 is 24.2 Å². The molecule has 0 radical (unpaired) electrons. The Morgan fingerprint density at radius 3 is 2.19 bits per heavy atom. The van der Waals surface area contributed by atoms with E-state index in [2.05, 4.69) is 31.0 Å². The van der Waals surface area contributed by atoms with Crippen molar-refractivity contribution in [3.63, 3.8) is 0 Å². The first-order chi connectivity index (χ1) is 15.0. The van der Waals surface area contributed by atoms with Gasteiger partial charge in [0.05, 0.1) is 6.61 Å². The number of aromatic nitrogens is 1. The Morgan fingerprint density at radius 1 is 0.871 bits per heavy atom. The Hall–Kier alpha value is -3.66. The quantitative estimate of drug-likeness (QED) is 0.244. The third kappa shape index (κ3) is 6.68. The van der Waals surface area contributed by atoms with Crippen LogP contribution in [0.4, 0.5) is 0 Å². The van der Waals surface area contributed by atoms with Crippen LogP contribution in [0, 0.1) is 0 Å². The topological polar surface area (TPSA) is 48.4 Å². The van der Waals surface area contributed by atoms with Gasteiger partial charge in [-0.05, 0) is 65.4 Å². The number of carbonyl (C=O) groups excluding carboxylic acids is 1. The minimum atomic E-state index is -0.450. The smallest absolute Gasteiger partial charge is 0.336 e. The monoisotopic (exact) mass is 413 g/mol. The Morgan fingerprint density at radius 2 is 1.52 bits per heavy atom. The standard InChI is InChI=1S/C27H27NO3/c1-4-30-26-19-23(6-5-22-15-17-28-18-16-22)9-13-25(26)31-27(29)14-10-21-7-11-24(12-8-21)20(2)3/h5-20H,4H2,1-3H3/b6-5+,14-10+. The number of nitrogens with zero attached hydrogens (tertiary/aromatic N) is 1. The van der Waals surface area contributed by atoms with E-state index < -0.39 is 5.97 Å². The molecular formula is C27H27NO3. The highest BCUT2D eigenvalue weighted by molar-refractivity contribution is 5.89. The van der Waals surface area contributed by atoms with Gasteiger partial charge in [-0.25, -0.2) is 4.79 Å². The Bertz CT molecular complexity index is 1050. The molecule has 158 valence electrons. The van der Waals surface area contributed by atoms with E-state index in [4.69, 9.17) is 9.47 Å². The van der Waals surface area contributed by atoms with Crippen molar-refractivity contribution in [3.05, 3.63) is 95.3 Å². The van der Waals surface area contributed by atoms with E-state index in [0.717, 1.165) is 16.7 Å². The molecule has 31 heavy (non-hydrogen) atoms. The van der Waals surface area contributed by atoms with Crippen molar-refractivity contribution in [1.82, 2.24) is 4.98 Å². The van der Waals surface area contributed by atoms with Crippen LogP contribution in [-0.4, -0.2) is 17.6 Å². The number of carbonyl (C=O) groups is 1. The molecule has 0 saturated heterocycles. The lowest BCUT2D eigenvalue weighted by Gasteiger charge is -2.10. The summed E-state index contributed by atoms with van der Waals surface area (Å²) >= 11 is 0. The van der Waals surface area contributed by atoms with Crippen LogP contribution in [0.2, 0.25) is 0 Å². The SMILES string of the molecule is CCOc1cc(/C=C/c2ccncc2)ccc1OC(=O)/C=C/c1ccc(C(C)C)cc1. The summed E-state index contributed by atoms with van der Waals surface area (Å²) < 4.78 is 11.2. The van der Waals surface area contributed by atoms with Gasteiger partial charge in [0.25, 0.3) is 0 Å². The number of rotatable bonds is 8. The molecule has 1 aromatic heterocycles. The lowest BCUT2D eigenvalue weighted by atomic mass is 10.0. The van der Waals surface area contributed by atoms with Gasteiger partial charge < -0.3 is 9.47 Å². The second-order valence-corrected chi connectivity index (χ2v) is 7.33. The maximum Gasteiger partial charge on any atom is 0.336 e. The zero-order chi connectivity index (χ0) is 22.1. The summed E-state index contributed by atoms with van der Waals surface area (Å²) in [6.07, 6.45) is 10.6. The summed E-state index contributed by atoms with van der Waals surface area (Å²) in [5, 5.41) is 0. The van der Waals surface area contributed by atoms with E-state index in [-0.39, 0.29) is 0 Å². The molecule has 4 heteroatoms. The first-order valence-corrected chi connectivity index (χ1v) is 10.4. The normalized spacial score (nSPS) is 11.4. The molecule has 0 aliphatic carbocycles. The third-order valence-corrected chi connectivity index (χ3v) is 4.67. The summed E-state index contributed by atoms with van der Waals surface area (Å²) in [5.41, 5.74) is 4.21. The highest BCUT2D eigenvalue weighted by Crippen LogP contribution is 2.29. The number of hydrogen-bond acceptors (Lipinski definition) is 4. The molecule has 0 atom stereocenters. The van der Waals surface area contributed by atoms with Crippen LogP contribution < -0.4 is 9.47 Å². The summed E-state index contributed by atoms with van der Waals surface area (Å²) in [6.45, 7) is 6.67. The molecule has 0 fully saturated rings. The van der Waals surface area contributed by atoms with Gasteiger partial charge in [0.2, 0.25) is 0 Å². The average Bonchev–Trinajstić information content (AvgIpc) is 2.79. The molecule has 0 saturated carbocycles. The van der Waals surface area contributed by atoms with Gasteiger partial charge >= 0.3 is 5.97 Å². The van der Waals surface area contributed by atoms with Crippen molar-refractivity contribution in [2.75, 3.05) is 6.61 Å². The van der Waals surface area contributed by atoms with Crippen LogP contribution in [0.1, 0.15) is 48.9 Å². The zero-order valence-corrected chi connectivity index (χ0v) is 18.1. The third-order valence-electron chi connectivity index (χ3n) is 4.67. The van der Waals surface area contributed by atoms with Crippen molar-refractivity contribution in [1.29, 1.82) is 0 Å². The van der Waals surface area contributed by atoms with Gasteiger partial charge in [0.15, 0.2) is 11.5 Å². The first kappa shape index (κ1) is 22.0. The zero-order valence-electron chi connectivity index (χ0n) is 18.1. The van der Waals surface area contributed by atoms with Gasteiger partial charge in [-0.3, -0.25) is 4.98 Å². The van der Waals surface area contributed by atoms with Crippen LogP contribution >= 0.6 is 0 Å². The van der Waals surface area contributed by atoms with Crippen LogP contribution in [-0.2, 0) is 4.79 Å². The molecule has 0 amide bonds. The van der Waals surface area contributed by atoms with E-state index in [1.54, 1.807) is 24.5 Å². The van der Waals surface area contributed by atoms with E-state index in [9.17, 15) is 4.79 Å². The average molecular weight is 414 g/mol. The van der Waals surface area contributed by atoms with Crippen LogP contribution in [0.5, 0.6) is 11.5 Å². The van der Waals surface area contributed by atoms with Crippen LogP contribution in [0.15, 0.2) is 73.1 Å². The molecule has 0 aliphatic heterocycles. The number of pyridine rings is 1. The number of benzene rings is 2. The van der Waals surface area contributed by atoms with Crippen LogP contribution in [0.3, 0.4) is 0 Å². The molecule has 1 heterocycles. The lowest BCUT2D eigenvalue weighted by Crippen LogP contribution is -2.06. The molecule has 0 spiro atoms. The van der Waals surface area contributed by atoms with Gasteiger partial charge in [-0.2, -0.15) is 0 Å². The summed E-state index contributed by atoms with van der Waals surface area (Å²) in [5.74, 6) is 0.951. The highest BCUT2D eigenvalue weighted by Gasteiger charge is 2.09. The first-order valence-electron chi connectivity index (χ1n) is 10.4. The maximum absolute atomic E-state index is 12.3. The maximum atomic E-state index is 12.3. The predicted octanol–water partition coefficient (Wildman–Crippen LogP) is 6.39. The predicted molar refractivity (Wildman–Crippen MR) is 126 cm³/mol. The fourth-order valence-corrected chi connectivity index (χ4v) is 2.95. The molecule has 0 N–H and O–H groups in total. The molecule has 0 unspecified atom stereocenters. The van der Waals surface area contributed by atoms with E-state index in [0.29, 0.717) is 24.0 Å². The fraction of sp³-hybridized carbons (Fsp3) is 0.185. The van der Waals surface area contributed by atoms with Gasteiger partial charge in [0, 0.05) is 18.5 Å². The van der Waals surface area contributed by atoms with E-state index >= 15 is 0 Å². The van der Waals surface area contributed by atoms with Crippen molar-refractivity contribution in [3.8, 4) is 11.5 Å². The van der Waals surface area contributed by atoms with Gasteiger partial charge in [-0.1, -0.05) is 56.3 Å². The molecule has 4 nitrogen and oxygen atoms in total. The molecule has 0 aliphatic rings. The second-order valence-electron chi connectivity index (χ2n) is 7.33. The summed E-state index contributed by atoms with van der Waals surface area (Å²) in [6, 6.07) is 17.5. The summed E-state index contributed by atoms with van der Waals surface area (Å²) in [4.78, 5) is 16.3. The van der Waals surface area contributed by atoms with Crippen LogP contribution in [0.25, 0.3) is 18.2 Å². The molecule has 3 rings (SSSR count). The van der Waals surface area contributed by atoms with Crippen molar-refractivity contribution in [2.45, 2.75) is 26.7 Å². The lowest BCUT2D eigenvalue weighted by molar-refractivity contribution is -0.129. The minimum Gasteiger partial charge on any atom is -0.490 e. The molecule has 0 bridgehead atoms. The molecule has 2 aromatic carbocycles. The largest absolute Gasteiger partial charge is 0.490 e. The second kappa shape index (κ2) is 10.9. The Labute approximate surface area is 183 Å². The molecule has 3 aromatic rings. The fourth-order valence-electron chi connectivity index (χ4n) is 2.95.